The normalized spacial score (nSPS) is 50.3. The molecule has 1 aliphatic heterocycles. The molecule has 1 heterocycles. The zero-order valence-electron chi connectivity index (χ0n) is 27.1. The van der Waals surface area contributed by atoms with E-state index in [0.717, 1.165) is 57.8 Å². The number of allylic oxidation sites excluding steroid dienone is 2. The number of hydrogen-bond acceptors (Lipinski definition) is 7. The number of amides is 1. The Kier molecular flexibility index (Phi) is 7.62. The van der Waals surface area contributed by atoms with Gasteiger partial charge in [-0.15, -0.1) is 0 Å². The molecule has 1 amide bonds. The molecule has 8 nitrogen and oxygen atoms in total. The van der Waals surface area contributed by atoms with Crippen molar-refractivity contribution in [2.75, 3.05) is 6.61 Å². The fourth-order valence-corrected chi connectivity index (χ4v) is 11.6. The first-order valence-electron chi connectivity index (χ1n) is 16.9. The molecule has 0 aromatic heterocycles. The standard InChI is InChI=1S/C35H55NO7/c1-31(2)15-16-35(30(42)36-29-28(41)27(40)26(39)22(18-37)43-29)14-9-20-19(21(35)17-31)7-8-24-33(20,5)12-10-23-32(3,4)25(38)11-13-34(23,24)6/h7,20-24,26-29,37,39-41H,8-18H2,1-6H3,(H,36,42)/t20?,21?,22?,23?,24?,26-,27-,28?,29+,33+,34+,35-/m1/s1. The number of aliphatic hydroxyl groups excluding tert-OH is 4. The molecule has 5 aliphatic carbocycles. The van der Waals surface area contributed by atoms with Gasteiger partial charge in [0.2, 0.25) is 5.91 Å². The molecule has 0 spiro atoms. The Morgan fingerprint density at radius 2 is 1.60 bits per heavy atom. The van der Waals surface area contributed by atoms with Gasteiger partial charge in [-0.3, -0.25) is 9.59 Å². The maximum Gasteiger partial charge on any atom is 0.228 e. The summed E-state index contributed by atoms with van der Waals surface area (Å²) < 4.78 is 5.71. The molecule has 6 unspecified atom stereocenters. The molecule has 0 aromatic carbocycles. The van der Waals surface area contributed by atoms with Crippen molar-refractivity contribution in [3.8, 4) is 0 Å². The number of hydrogen-bond donors (Lipinski definition) is 5. The highest BCUT2D eigenvalue weighted by Crippen LogP contribution is 2.71. The second kappa shape index (κ2) is 10.3. The number of aliphatic hydroxyl groups is 4. The largest absolute Gasteiger partial charge is 0.394 e. The quantitative estimate of drug-likeness (QED) is 0.310. The minimum Gasteiger partial charge on any atom is -0.394 e. The highest BCUT2D eigenvalue weighted by Gasteiger charge is 2.66. The van der Waals surface area contributed by atoms with Crippen LogP contribution < -0.4 is 5.32 Å². The van der Waals surface area contributed by atoms with Crippen LogP contribution in [0.25, 0.3) is 0 Å². The third kappa shape index (κ3) is 4.55. The van der Waals surface area contributed by atoms with Crippen molar-refractivity contribution in [1.82, 2.24) is 5.32 Å². The van der Waals surface area contributed by atoms with Crippen LogP contribution in [0.2, 0.25) is 0 Å². The first kappa shape index (κ1) is 31.7. The van der Waals surface area contributed by atoms with Gasteiger partial charge in [-0.05, 0) is 97.7 Å². The topological polar surface area (TPSA) is 136 Å². The first-order chi connectivity index (χ1) is 20.0. The summed E-state index contributed by atoms with van der Waals surface area (Å²) in [7, 11) is 0. The highest BCUT2D eigenvalue weighted by atomic mass is 16.6. The molecule has 12 atom stereocenters. The molecule has 5 N–H and O–H groups in total. The van der Waals surface area contributed by atoms with E-state index < -0.39 is 42.7 Å². The van der Waals surface area contributed by atoms with Crippen molar-refractivity contribution in [1.29, 1.82) is 0 Å². The Morgan fingerprint density at radius 3 is 2.30 bits per heavy atom. The molecule has 4 saturated carbocycles. The van der Waals surface area contributed by atoms with Gasteiger partial charge in [0.05, 0.1) is 12.0 Å². The summed E-state index contributed by atoms with van der Waals surface area (Å²) in [6.07, 6.45) is 4.82. The average Bonchev–Trinajstić information content (AvgIpc) is 2.94. The second-order valence-electron chi connectivity index (χ2n) is 17.1. The second-order valence-corrected chi connectivity index (χ2v) is 17.1. The molecular weight excluding hydrogens is 546 g/mol. The molecule has 1 saturated heterocycles. The number of ketones is 1. The van der Waals surface area contributed by atoms with Crippen LogP contribution in [0.4, 0.5) is 0 Å². The lowest BCUT2D eigenvalue weighted by Crippen LogP contribution is -2.66. The van der Waals surface area contributed by atoms with Gasteiger partial charge in [-0.1, -0.05) is 53.2 Å². The van der Waals surface area contributed by atoms with E-state index in [-0.39, 0.29) is 33.5 Å². The number of fused-ring (bicyclic) bond motifs is 7. The summed E-state index contributed by atoms with van der Waals surface area (Å²) in [5.41, 5.74) is 0.849. The molecule has 6 rings (SSSR count). The van der Waals surface area contributed by atoms with Gasteiger partial charge in [0.1, 0.15) is 30.2 Å². The SMILES string of the molecule is CC1(C)CC[C@]2(C(=O)N[C@H]3OC(CO)[C@@H](O)[C@@H](O)C3O)CCC3C(=CCC4[C@@]3(C)CCC3C(C)(C)C(=O)CC[C@@]34C)C2C1. The highest BCUT2D eigenvalue weighted by molar-refractivity contribution is 5.86. The molecular formula is C35H55NO7. The molecule has 242 valence electrons. The molecule has 0 aromatic rings. The minimum atomic E-state index is -1.53. The van der Waals surface area contributed by atoms with Crippen molar-refractivity contribution in [2.24, 2.45) is 50.7 Å². The van der Waals surface area contributed by atoms with Crippen molar-refractivity contribution in [2.45, 2.75) is 136 Å². The fourth-order valence-electron chi connectivity index (χ4n) is 11.6. The number of rotatable bonds is 3. The predicted molar refractivity (Wildman–Crippen MR) is 161 cm³/mol. The van der Waals surface area contributed by atoms with E-state index in [2.05, 4.69) is 52.9 Å². The van der Waals surface area contributed by atoms with E-state index in [1.165, 1.54) is 5.57 Å². The Labute approximate surface area is 257 Å². The lowest BCUT2D eigenvalue weighted by molar-refractivity contribution is -0.237. The van der Waals surface area contributed by atoms with Crippen LogP contribution in [0, 0.1) is 50.7 Å². The van der Waals surface area contributed by atoms with Crippen LogP contribution in [0.1, 0.15) is 106 Å². The van der Waals surface area contributed by atoms with Crippen LogP contribution in [-0.2, 0) is 14.3 Å². The number of carbonyl (C=O) groups excluding carboxylic acids is 2. The Balaban J connectivity index is 1.32. The van der Waals surface area contributed by atoms with E-state index in [4.69, 9.17) is 4.74 Å². The minimum absolute atomic E-state index is 0.0764. The number of nitrogens with one attached hydrogen (secondary N) is 1. The average molecular weight is 602 g/mol. The monoisotopic (exact) mass is 601 g/mol. The fraction of sp³-hybridized carbons (Fsp3) is 0.886. The molecule has 5 fully saturated rings. The predicted octanol–water partition coefficient (Wildman–Crippen LogP) is 3.88. The van der Waals surface area contributed by atoms with Gasteiger partial charge in [-0.25, -0.2) is 0 Å². The van der Waals surface area contributed by atoms with Crippen LogP contribution >= 0.6 is 0 Å². The maximum atomic E-state index is 14.4. The van der Waals surface area contributed by atoms with Gasteiger partial charge >= 0.3 is 0 Å². The Hall–Kier alpha value is -1.32. The lowest BCUT2D eigenvalue weighted by atomic mass is 9.37. The number of carbonyl (C=O) groups is 2. The molecule has 8 heteroatoms. The van der Waals surface area contributed by atoms with Gasteiger partial charge < -0.3 is 30.5 Å². The van der Waals surface area contributed by atoms with E-state index in [9.17, 15) is 30.0 Å². The summed E-state index contributed by atoms with van der Waals surface area (Å²) in [5.74, 6) is 1.64. The van der Waals surface area contributed by atoms with Crippen LogP contribution in [0.15, 0.2) is 11.6 Å². The third-order valence-electron chi connectivity index (χ3n) is 14.2. The zero-order valence-corrected chi connectivity index (χ0v) is 27.1. The first-order valence-corrected chi connectivity index (χ1v) is 16.9. The Morgan fingerprint density at radius 1 is 0.884 bits per heavy atom. The van der Waals surface area contributed by atoms with E-state index in [0.29, 0.717) is 30.0 Å². The van der Waals surface area contributed by atoms with Crippen molar-refractivity contribution < 1.29 is 34.8 Å². The smallest absolute Gasteiger partial charge is 0.228 e. The zero-order chi connectivity index (χ0) is 31.3. The van der Waals surface area contributed by atoms with Gasteiger partial charge in [0.25, 0.3) is 0 Å². The lowest BCUT2D eigenvalue weighted by Gasteiger charge is -2.67. The van der Waals surface area contributed by atoms with Gasteiger partial charge in [0, 0.05) is 11.8 Å². The van der Waals surface area contributed by atoms with E-state index in [1.807, 2.05) is 0 Å². The number of ether oxygens (including phenoxy) is 1. The summed E-state index contributed by atoms with van der Waals surface area (Å²) in [4.78, 5) is 27.4. The van der Waals surface area contributed by atoms with Gasteiger partial charge in [0.15, 0.2) is 6.23 Å². The van der Waals surface area contributed by atoms with Crippen LogP contribution in [0.5, 0.6) is 0 Å². The van der Waals surface area contributed by atoms with Crippen LogP contribution in [-0.4, -0.2) is 69.4 Å². The van der Waals surface area contributed by atoms with Crippen molar-refractivity contribution >= 4 is 11.7 Å². The number of Topliss-reactive ketones (excluding diaryl/α,β-unsaturated/α-hetero) is 1. The van der Waals surface area contributed by atoms with Gasteiger partial charge in [-0.2, -0.15) is 0 Å². The Bertz CT molecular complexity index is 1180. The molecule has 0 radical (unpaired) electrons. The van der Waals surface area contributed by atoms with Crippen LogP contribution in [0.3, 0.4) is 0 Å². The maximum absolute atomic E-state index is 14.4. The van der Waals surface area contributed by atoms with E-state index in [1.54, 1.807) is 0 Å². The summed E-state index contributed by atoms with van der Waals surface area (Å²) in [6, 6.07) is 0. The van der Waals surface area contributed by atoms with Crippen molar-refractivity contribution in [3.63, 3.8) is 0 Å². The molecule has 43 heavy (non-hydrogen) atoms. The summed E-state index contributed by atoms with van der Waals surface area (Å²) in [5, 5.41) is 43.9. The third-order valence-corrected chi connectivity index (χ3v) is 14.2. The summed E-state index contributed by atoms with van der Waals surface area (Å²) in [6.45, 7) is 13.4. The van der Waals surface area contributed by atoms with Crippen molar-refractivity contribution in [3.05, 3.63) is 11.6 Å². The summed E-state index contributed by atoms with van der Waals surface area (Å²) >= 11 is 0. The molecule has 6 aliphatic rings. The molecule has 0 bridgehead atoms. The van der Waals surface area contributed by atoms with E-state index >= 15 is 0 Å².